The zero-order valence-corrected chi connectivity index (χ0v) is 12.1. The summed E-state index contributed by atoms with van der Waals surface area (Å²) in [6.45, 7) is 2.59. The lowest BCUT2D eigenvalue weighted by Crippen LogP contribution is -2.00. The summed E-state index contributed by atoms with van der Waals surface area (Å²) in [7, 11) is 0. The fraction of sp³-hybridized carbons (Fsp3) is 0.143. The number of fused-ring (bicyclic) bond motifs is 1. The fourth-order valence-corrected chi connectivity index (χ4v) is 2.86. The van der Waals surface area contributed by atoms with Gasteiger partial charge in [0.25, 0.3) is 5.69 Å². The number of thiazole rings is 1. The van der Waals surface area contributed by atoms with E-state index in [1.807, 2.05) is 19.2 Å². The summed E-state index contributed by atoms with van der Waals surface area (Å²) in [5.74, 6) is 0. The molecule has 0 saturated heterocycles. The number of anilines is 1. The van der Waals surface area contributed by atoms with Crippen LogP contribution in [0.4, 0.5) is 11.4 Å². The number of nitrogens with one attached hydrogen (secondary N) is 1. The molecule has 0 spiro atoms. The van der Waals surface area contributed by atoms with Crippen LogP contribution in [0.15, 0.2) is 36.7 Å². The predicted molar refractivity (Wildman–Crippen MR) is 82.6 cm³/mol. The van der Waals surface area contributed by atoms with Gasteiger partial charge in [-0.05, 0) is 25.1 Å². The van der Waals surface area contributed by atoms with Gasteiger partial charge in [0.15, 0.2) is 0 Å². The first-order valence-corrected chi connectivity index (χ1v) is 7.14. The van der Waals surface area contributed by atoms with Gasteiger partial charge in [0.1, 0.15) is 5.52 Å². The molecule has 1 aromatic carbocycles. The van der Waals surface area contributed by atoms with Crippen LogP contribution in [0.2, 0.25) is 0 Å². The maximum atomic E-state index is 11.0. The largest absolute Gasteiger partial charge is 0.380 e. The molecular formula is C14H12N4O2S. The Hall–Kier alpha value is -2.54. The second kappa shape index (κ2) is 5.45. The Bertz CT molecular complexity index is 816. The molecule has 6 nitrogen and oxygen atoms in total. The molecule has 0 saturated carbocycles. The Balaban J connectivity index is 1.96. The molecule has 0 aliphatic carbocycles. The Morgan fingerprint density at radius 3 is 2.90 bits per heavy atom. The molecule has 0 amide bonds. The maximum absolute atomic E-state index is 11.0. The van der Waals surface area contributed by atoms with Crippen molar-refractivity contribution in [1.82, 2.24) is 9.97 Å². The van der Waals surface area contributed by atoms with Crippen LogP contribution in [-0.2, 0) is 6.54 Å². The van der Waals surface area contributed by atoms with Gasteiger partial charge in [0, 0.05) is 34.4 Å². The van der Waals surface area contributed by atoms with Crippen molar-refractivity contribution >= 4 is 33.6 Å². The first-order valence-electron chi connectivity index (χ1n) is 6.32. The van der Waals surface area contributed by atoms with Crippen LogP contribution in [0.5, 0.6) is 0 Å². The molecule has 3 aromatic rings. The second-order valence-corrected chi connectivity index (χ2v) is 5.81. The maximum Gasteiger partial charge on any atom is 0.295 e. The van der Waals surface area contributed by atoms with E-state index in [1.165, 1.54) is 6.07 Å². The van der Waals surface area contributed by atoms with E-state index in [4.69, 9.17) is 0 Å². The summed E-state index contributed by atoms with van der Waals surface area (Å²) in [6, 6.07) is 6.80. The monoisotopic (exact) mass is 300 g/mol. The lowest BCUT2D eigenvalue weighted by Gasteiger charge is -2.08. The standard InChI is InChI=1S/C14H12N4O2S/c1-9-16-7-10(21-9)8-17-12-4-5-13(18(19)20)14-11(12)3-2-6-15-14/h2-7,17H,8H2,1H3. The van der Waals surface area contributed by atoms with Crippen LogP contribution in [0, 0.1) is 17.0 Å². The molecule has 0 aliphatic heterocycles. The van der Waals surface area contributed by atoms with Crippen molar-refractivity contribution in [2.75, 3.05) is 5.32 Å². The Morgan fingerprint density at radius 2 is 2.19 bits per heavy atom. The first-order chi connectivity index (χ1) is 10.1. The molecule has 0 fully saturated rings. The number of non-ortho nitro benzene ring substituents is 1. The molecule has 0 radical (unpaired) electrons. The number of rotatable bonds is 4. The lowest BCUT2D eigenvalue weighted by molar-refractivity contribution is -0.383. The van der Waals surface area contributed by atoms with Crippen LogP contribution in [0.3, 0.4) is 0 Å². The number of hydrogen-bond donors (Lipinski definition) is 1. The third kappa shape index (κ3) is 2.68. The van der Waals surface area contributed by atoms with Gasteiger partial charge in [-0.1, -0.05) is 0 Å². The van der Waals surface area contributed by atoms with E-state index in [0.29, 0.717) is 12.1 Å². The van der Waals surface area contributed by atoms with Gasteiger partial charge in [0.2, 0.25) is 0 Å². The number of pyridine rings is 1. The normalized spacial score (nSPS) is 10.7. The summed E-state index contributed by atoms with van der Waals surface area (Å²) in [5, 5.41) is 16.1. The van der Waals surface area contributed by atoms with Gasteiger partial charge in [-0.25, -0.2) is 9.97 Å². The second-order valence-electron chi connectivity index (χ2n) is 4.49. The number of benzene rings is 1. The van der Waals surface area contributed by atoms with Crippen molar-refractivity contribution in [1.29, 1.82) is 0 Å². The molecule has 0 aliphatic rings. The Morgan fingerprint density at radius 1 is 1.33 bits per heavy atom. The van der Waals surface area contributed by atoms with Crippen LogP contribution >= 0.6 is 11.3 Å². The predicted octanol–water partition coefficient (Wildman–Crippen LogP) is 3.52. The van der Waals surface area contributed by atoms with Gasteiger partial charge in [-0.2, -0.15) is 0 Å². The molecule has 0 unspecified atom stereocenters. The highest BCUT2D eigenvalue weighted by Crippen LogP contribution is 2.30. The summed E-state index contributed by atoms with van der Waals surface area (Å²) in [6.07, 6.45) is 3.39. The number of aryl methyl sites for hydroxylation is 1. The minimum atomic E-state index is -0.411. The molecule has 2 aromatic heterocycles. The summed E-state index contributed by atoms with van der Waals surface area (Å²) >= 11 is 1.62. The van der Waals surface area contributed by atoms with Crippen LogP contribution in [0.1, 0.15) is 9.88 Å². The molecule has 0 atom stereocenters. The molecule has 0 bridgehead atoms. The van der Waals surface area contributed by atoms with Gasteiger partial charge in [-0.15, -0.1) is 11.3 Å². The first kappa shape index (κ1) is 13.4. The zero-order chi connectivity index (χ0) is 14.8. The van der Waals surface area contributed by atoms with E-state index >= 15 is 0 Å². The molecule has 21 heavy (non-hydrogen) atoms. The highest BCUT2D eigenvalue weighted by molar-refractivity contribution is 7.11. The summed E-state index contributed by atoms with van der Waals surface area (Å²) in [4.78, 5) is 20.1. The zero-order valence-electron chi connectivity index (χ0n) is 11.2. The third-order valence-corrected chi connectivity index (χ3v) is 3.98. The number of aromatic nitrogens is 2. The highest BCUT2D eigenvalue weighted by Gasteiger charge is 2.15. The van der Waals surface area contributed by atoms with E-state index < -0.39 is 4.92 Å². The molecule has 7 heteroatoms. The minimum absolute atomic E-state index is 0.0183. The lowest BCUT2D eigenvalue weighted by atomic mass is 10.1. The third-order valence-electron chi connectivity index (χ3n) is 3.07. The van der Waals surface area contributed by atoms with Crippen molar-refractivity contribution in [2.45, 2.75) is 13.5 Å². The molecule has 2 heterocycles. The van der Waals surface area contributed by atoms with Crippen molar-refractivity contribution in [2.24, 2.45) is 0 Å². The molecule has 106 valence electrons. The van der Waals surface area contributed by atoms with E-state index in [9.17, 15) is 10.1 Å². The Labute approximate surface area is 124 Å². The van der Waals surface area contributed by atoms with Crippen LogP contribution < -0.4 is 5.32 Å². The van der Waals surface area contributed by atoms with Crippen molar-refractivity contribution in [3.05, 3.63) is 56.7 Å². The minimum Gasteiger partial charge on any atom is -0.380 e. The van der Waals surface area contributed by atoms with E-state index in [2.05, 4.69) is 15.3 Å². The number of nitrogens with zero attached hydrogens (tertiary/aromatic N) is 3. The summed E-state index contributed by atoms with van der Waals surface area (Å²) < 4.78 is 0. The van der Waals surface area contributed by atoms with Crippen LogP contribution in [0.25, 0.3) is 10.9 Å². The SMILES string of the molecule is Cc1ncc(CNc2ccc([N+](=O)[O-])c3ncccc23)s1. The van der Waals surface area contributed by atoms with Gasteiger partial charge >= 0.3 is 0 Å². The fourth-order valence-electron chi connectivity index (χ4n) is 2.13. The topological polar surface area (TPSA) is 81.0 Å². The van der Waals surface area contributed by atoms with Crippen molar-refractivity contribution in [3.63, 3.8) is 0 Å². The average molecular weight is 300 g/mol. The van der Waals surface area contributed by atoms with Crippen molar-refractivity contribution < 1.29 is 4.92 Å². The van der Waals surface area contributed by atoms with Gasteiger partial charge in [0.05, 0.1) is 16.5 Å². The van der Waals surface area contributed by atoms with E-state index in [0.717, 1.165) is 21.0 Å². The summed E-state index contributed by atoms with van der Waals surface area (Å²) in [5.41, 5.74) is 1.24. The number of hydrogen-bond acceptors (Lipinski definition) is 6. The average Bonchev–Trinajstić information content (AvgIpc) is 2.90. The molecule has 3 rings (SSSR count). The number of nitro benzene ring substituents is 1. The quantitative estimate of drug-likeness (QED) is 0.589. The van der Waals surface area contributed by atoms with Crippen molar-refractivity contribution in [3.8, 4) is 0 Å². The molecule has 1 N–H and O–H groups in total. The molecular weight excluding hydrogens is 288 g/mol. The number of nitro groups is 1. The van der Waals surface area contributed by atoms with E-state index in [-0.39, 0.29) is 5.69 Å². The highest BCUT2D eigenvalue weighted by atomic mass is 32.1. The van der Waals surface area contributed by atoms with Gasteiger partial charge < -0.3 is 5.32 Å². The van der Waals surface area contributed by atoms with E-state index in [1.54, 1.807) is 29.7 Å². The Kier molecular flexibility index (Phi) is 3.49. The van der Waals surface area contributed by atoms with Gasteiger partial charge in [-0.3, -0.25) is 10.1 Å². The smallest absolute Gasteiger partial charge is 0.295 e. The van der Waals surface area contributed by atoms with Crippen LogP contribution in [-0.4, -0.2) is 14.9 Å².